The summed E-state index contributed by atoms with van der Waals surface area (Å²) in [6, 6.07) is 11.7. The molecule has 8 heteroatoms. The normalized spacial score (nSPS) is 16.1. The first-order valence-electron chi connectivity index (χ1n) is 9.38. The summed E-state index contributed by atoms with van der Waals surface area (Å²) in [4.78, 5) is 19.2. The molecule has 6 nitrogen and oxygen atoms in total. The monoisotopic (exact) mass is 416 g/mol. The van der Waals surface area contributed by atoms with Crippen LogP contribution >= 0.6 is 11.3 Å². The van der Waals surface area contributed by atoms with E-state index in [9.17, 15) is 9.18 Å². The van der Waals surface area contributed by atoms with Crippen LogP contribution < -0.4 is 14.4 Å². The van der Waals surface area contributed by atoms with Crippen molar-refractivity contribution in [1.82, 2.24) is 4.98 Å². The SMILES string of the molecule is COc1cccc2sc(N(CC3CCCO3)C(=O)COc3ccccc3F)nc12. The van der Waals surface area contributed by atoms with Crippen LogP contribution in [0.2, 0.25) is 0 Å². The van der Waals surface area contributed by atoms with Gasteiger partial charge in [-0.05, 0) is 37.1 Å². The standard InChI is InChI=1S/C21H21FN2O4S/c1-26-17-9-4-10-18-20(17)23-21(29-18)24(12-14-6-5-11-27-14)19(25)13-28-16-8-3-2-7-15(16)22/h2-4,7-10,14H,5-6,11-13H2,1H3. The second-order valence-electron chi connectivity index (χ2n) is 6.66. The zero-order valence-electron chi connectivity index (χ0n) is 16.0. The highest BCUT2D eigenvalue weighted by Crippen LogP contribution is 2.34. The molecule has 1 fully saturated rings. The minimum absolute atomic E-state index is 0.0453. The molecule has 1 amide bonds. The van der Waals surface area contributed by atoms with Gasteiger partial charge in [-0.15, -0.1) is 0 Å². The van der Waals surface area contributed by atoms with Gasteiger partial charge in [0.05, 0.1) is 24.5 Å². The number of rotatable bonds is 7. The largest absolute Gasteiger partial charge is 0.494 e. The number of hydrogen-bond donors (Lipinski definition) is 0. The Morgan fingerprint density at radius 2 is 2.10 bits per heavy atom. The molecule has 2 aromatic carbocycles. The second-order valence-corrected chi connectivity index (χ2v) is 7.67. The zero-order chi connectivity index (χ0) is 20.2. The molecule has 152 valence electrons. The van der Waals surface area contributed by atoms with Crippen LogP contribution in [0.5, 0.6) is 11.5 Å². The van der Waals surface area contributed by atoms with Crippen LogP contribution in [0.4, 0.5) is 9.52 Å². The highest BCUT2D eigenvalue weighted by Gasteiger charge is 2.27. The third-order valence-corrected chi connectivity index (χ3v) is 5.76. The summed E-state index contributed by atoms with van der Waals surface area (Å²) in [5.74, 6) is -0.113. The Hall–Kier alpha value is -2.71. The van der Waals surface area contributed by atoms with E-state index in [1.165, 1.54) is 23.5 Å². The number of carbonyl (C=O) groups excluding carboxylic acids is 1. The minimum atomic E-state index is -0.504. The highest BCUT2D eigenvalue weighted by molar-refractivity contribution is 7.22. The van der Waals surface area contributed by atoms with Crippen molar-refractivity contribution in [3.8, 4) is 11.5 Å². The van der Waals surface area contributed by atoms with Crippen LogP contribution in [0.25, 0.3) is 10.2 Å². The fraction of sp³-hybridized carbons (Fsp3) is 0.333. The van der Waals surface area contributed by atoms with Crippen LogP contribution in [0.1, 0.15) is 12.8 Å². The van der Waals surface area contributed by atoms with Gasteiger partial charge >= 0.3 is 0 Å². The summed E-state index contributed by atoms with van der Waals surface area (Å²) in [6.07, 6.45) is 1.79. The molecule has 3 aromatic rings. The van der Waals surface area contributed by atoms with E-state index in [0.29, 0.717) is 29.5 Å². The molecule has 29 heavy (non-hydrogen) atoms. The fourth-order valence-corrected chi connectivity index (χ4v) is 4.26. The molecule has 1 aromatic heterocycles. The number of nitrogens with zero attached hydrogens (tertiary/aromatic N) is 2. The number of amides is 1. The molecule has 0 spiro atoms. The average molecular weight is 416 g/mol. The van der Waals surface area contributed by atoms with Crippen molar-refractivity contribution in [2.24, 2.45) is 0 Å². The summed E-state index contributed by atoms with van der Waals surface area (Å²) in [5.41, 5.74) is 0.704. The Balaban J connectivity index is 1.59. The van der Waals surface area contributed by atoms with Crippen molar-refractivity contribution in [2.45, 2.75) is 18.9 Å². The van der Waals surface area contributed by atoms with Gasteiger partial charge in [0.1, 0.15) is 11.3 Å². The topological polar surface area (TPSA) is 60.9 Å². The summed E-state index contributed by atoms with van der Waals surface area (Å²) >= 11 is 1.40. The molecule has 2 heterocycles. The number of methoxy groups -OCH3 is 1. The van der Waals surface area contributed by atoms with Crippen molar-refractivity contribution < 1.29 is 23.4 Å². The smallest absolute Gasteiger partial charge is 0.266 e. The van der Waals surface area contributed by atoms with Crippen molar-refractivity contribution in [2.75, 3.05) is 31.8 Å². The molecule has 1 unspecified atom stereocenters. The molecule has 4 rings (SSSR count). The molecular weight excluding hydrogens is 395 g/mol. The first-order valence-corrected chi connectivity index (χ1v) is 10.2. The van der Waals surface area contributed by atoms with E-state index in [-0.39, 0.29) is 24.4 Å². The number of benzene rings is 2. The van der Waals surface area contributed by atoms with Gasteiger partial charge in [0.25, 0.3) is 5.91 Å². The van der Waals surface area contributed by atoms with Crippen molar-refractivity contribution >= 4 is 32.6 Å². The van der Waals surface area contributed by atoms with Gasteiger partial charge in [0.15, 0.2) is 23.3 Å². The number of anilines is 1. The molecule has 0 radical (unpaired) electrons. The van der Waals surface area contributed by atoms with E-state index in [4.69, 9.17) is 14.2 Å². The van der Waals surface area contributed by atoms with Crippen LogP contribution in [-0.2, 0) is 9.53 Å². The first kappa shape index (κ1) is 19.6. The third-order valence-electron chi connectivity index (χ3n) is 4.72. The summed E-state index contributed by atoms with van der Waals surface area (Å²) in [5, 5.41) is 0.544. The number of halogens is 1. The third kappa shape index (κ3) is 4.33. The predicted octanol–water partition coefficient (Wildman–Crippen LogP) is 4.04. The van der Waals surface area contributed by atoms with Gasteiger partial charge < -0.3 is 14.2 Å². The number of aromatic nitrogens is 1. The lowest BCUT2D eigenvalue weighted by Gasteiger charge is -2.23. The van der Waals surface area contributed by atoms with E-state index in [1.54, 1.807) is 24.1 Å². The Labute approximate surface area is 171 Å². The van der Waals surface area contributed by atoms with Gasteiger partial charge in [-0.1, -0.05) is 29.5 Å². The summed E-state index contributed by atoms with van der Waals surface area (Å²) in [7, 11) is 1.59. The number of fused-ring (bicyclic) bond motifs is 1. The minimum Gasteiger partial charge on any atom is -0.494 e. The lowest BCUT2D eigenvalue weighted by Crippen LogP contribution is -2.40. The fourth-order valence-electron chi connectivity index (χ4n) is 3.25. The van der Waals surface area contributed by atoms with Crippen molar-refractivity contribution in [1.29, 1.82) is 0 Å². The molecule has 0 aliphatic carbocycles. The summed E-state index contributed by atoms with van der Waals surface area (Å²) < 4.78 is 31.3. The lowest BCUT2D eigenvalue weighted by atomic mass is 10.2. The molecule has 0 bridgehead atoms. The van der Waals surface area contributed by atoms with Crippen molar-refractivity contribution in [3.05, 3.63) is 48.3 Å². The predicted molar refractivity (Wildman–Crippen MR) is 109 cm³/mol. The van der Waals surface area contributed by atoms with Gasteiger partial charge in [0, 0.05) is 6.61 Å². The maximum atomic E-state index is 13.8. The van der Waals surface area contributed by atoms with Crippen molar-refractivity contribution in [3.63, 3.8) is 0 Å². The van der Waals surface area contributed by atoms with Crippen LogP contribution in [0, 0.1) is 5.82 Å². The number of carbonyl (C=O) groups is 1. The number of ether oxygens (including phenoxy) is 3. The Morgan fingerprint density at radius 1 is 1.28 bits per heavy atom. The van der Waals surface area contributed by atoms with Crippen LogP contribution in [-0.4, -0.2) is 43.9 Å². The average Bonchev–Trinajstić information content (AvgIpc) is 3.40. The van der Waals surface area contributed by atoms with Crippen LogP contribution in [0.15, 0.2) is 42.5 Å². The van der Waals surface area contributed by atoms with Crippen LogP contribution in [0.3, 0.4) is 0 Å². The highest BCUT2D eigenvalue weighted by atomic mass is 32.1. The molecule has 0 N–H and O–H groups in total. The molecule has 1 atom stereocenters. The first-order chi connectivity index (χ1) is 14.2. The van der Waals surface area contributed by atoms with E-state index in [2.05, 4.69) is 4.98 Å². The van der Waals surface area contributed by atoms with Gasteiger partial charge in [-0.3, -0.25) is 9.69 Å². The van der Waals surface area contributed by atoms with E-state index in [1.807, 2.05) is 18.2 Å². The Morgan fingerprint density at radius 3 is 2.86 bits per heavy atom. The van der Waals surface area contributed by atoms with Gasteiger partial charge in [-0.25, -0.2) is 9.37 Å². The van der Waals surface area contributed by atoms with E-state index >= 15 is 0 Å². The second kappa shape index (κ2) is 8.75. The quantitative estimate of drug-likeness (QED) is 0.582. The van der Waals surface area contributed by atoms with E-state index < -0.39 is 5.82 Å². The molecule has 1 saturated heterocycles. The molecule has 1 aliphatic heterocycles. The van der Waals surface area contributed by atoms with Gasteiger partial charge in [-0.2, -0.15) is 0 Å². The number of thiazole rings is 1. The van der Waals surface area contributed by atoms with E-state index in [0.717, 1.165) is 17.5 Å². The number of para-hydroxylation sites is 2. The molecule has 1 aliphatic rings. The maximum absolute atomic E-state index is 13.8. The number of hydrogen-bond acceptors (Lipinski definition) is 6. The molecular formula is C21H21FN2O4S. The summed E-state index contributed by atoms with van der Waals surface area (Å²) in [6.45, 7) is 0.772. The molecule has 0 saturated carbocycles. The zero-order valence-corrected chi connectivity index (χ0v) is 16.8. The Kier molecular flexibility index (Phi) is 5.92. The van der Waals surface area contributed by atoms with Gasteiger partial charge in [0.2, 0.25) is 0 Å². The maximum Gasteiger partial charge on any atom is 0.266 e. The lowest BCUT2D eigenvalue weighted by molar-refractivity contribution is -0.121. The Bertz CT molecular complexity index is 1000.